The summed E-state index contributed by atoms with van der Waals surface area (Å²) in [6.07, 6.45) is 3.91. The highest BCUT2D eigenvalue weighted by Gasteiger charge is 2.45. The van der Waals surface area contributed by atoms with E-state index in [0.717, 1.165) is 31.6 Å². The number of amides is 1. The smallest absolute Gasteiger partial charge is 0.310 e. The summed E-state index contributed by atoms with van der Waals surface area (Å²) in [5, 5.41) is 12.1. The minimum Gasteiger partial charge on any atom is -0.493 e. The van der Waals surface area contributed by atoms with E-state index in [1.165, 1.54) is 11.1 Å². The molecule has 1 fully saturated rings. The Labute approximate surface area is 129 Å². The molecule has 0 spiro atoms. The van der Waals surface area contributed by atoms with Crippen molar-refractivity contribution in [1.29, 1.82) is 0 Å². The largest absolute Gasteiger partial charge is 0.493 e. The molecule has 0 saturated heterocycles. The number of aliphatic carboxylic acids is 1. The fourth-order valence-electron chi connectivity index (χ4n) is 3.18. The van der Waals surface area contributed by atoms with E-state index in [2.05, 4.69) is 11.4 Å². The van der Waals surface area contributed by atoms with Gasteiger partial charge in [-0.2, -0.15) is 0 Å². The van der Waals surface area contributed by atoms with Gasteiger partial charge >= 0.3 is 5.97 Å². The van der Waals surface area contributed by atoms with Crippen LogP contribution in [0, 0.1) is 5.41 Å². The second-order valence-corrected chi connectivity index (χ2v) is 6.26. The van der Waals surface area contributed by atoms with E-state index in [0.29, 0.717) is 19.4 Å². The van der Waals surface area contributed by atoms with Gasteiger partial charge in [-0.05, 0) is 36.5 Å². The van der Waals surface area contributed by atoms with Gasteiger partial charge in [0.1, 0.15) is 5.75 Å². The fourth-order valence-corrected chi connectivity index (χ4v) is 3.18. The summed E-state index contributed by atoms with van der Waals surface area (Å²) in [4.78, 5) is 23.2. The Morgan fingerprint density at radius 1 is 1.32 bits per heavy atom. The Morgan fingerprint density at radius 3 is 2.82 bits per heavy atom. The van der Waals surface area contributed by atoms with Gasteiger partial charge < -0.3 is 15.2 Å². The summed E-state index contributed by atoms with van der Waals surface area (Å²) < 4.78 is 5.47. The Bertz CT molecular complexity index is 592. The number of carbonyl (C=O) groups excluding carboxylic acids is 1. The van der Waals surface area contributed by atoms with Gasteiger partial charge in [0.2, 0.25) is 5.91 Å². The van der Waals surface area contributed by atoms with Crippen LogP contribution in [0.25, 0.3) is 0 Å². The highest BCUT2D eigenvalue weighted by atomic mass is 16.5. The maximum Gasteiger partial charge on any atom is 0.310 e. The van der Waals surface area contributed by atoms with E-state index >= 15 is 0 Å². The molecular formula is C17H21NO4. The SMILES string of the molecule is O=C(CC1(C(=O)O)CCC1)NCCc1ccc2c(c1)CCO2. The molecule has 1 amide bonds. The molecule has 1 aromatic carbocycles. The summed E-state index contributed by atoms with van der Waals surface area (Å²) in [5.41, 5.74) is 1.58. The number of carbonyl (C=O) groups is 2. The van der Waals surface area contributed by atoms with Gasteiger partial charge in [-0.3, -0.25) is 9.59 Å². The van der Waals surface area contributed by atoms with Crippen LogP contribution >= 0.6 is 0 Å². The second-order valence-electron chi connectivity index (χ2n) is 6.26. The number of fused-ring (bicyclic) bond motifs is 1. The van der Waals surface area contributed by atoms with Crippen LogP contribution in [0.4, 0.5) is 0 Å². The molecule has 0 aromatic heterocycles. The van der Waals surface area contributed by atoms with E-state index < -0.39 is 11.4 Å². The lowest BCUT2D eigenvalue weighted by Crippen LogP contribution is -2.42. The van der Waals surface area contributed by atoms with E-state index in [-0.39, 0.29) is 12.3 Å². The molecule has 0 unspecified atom stereocenters. The Balaban J connectivity index is 1.47. The third-order valence-electron chi connectivity index (χ3n) is 4.75. The van der Waals surface area contributed by atoms with Crippen molar-refractivity contribution in [2.24, 2.45) is 5.41 Å². The molecular weight excluding hydrogens is 282 g/mol. The molecule has 5 heteroatoms. The van der Waals surface area contributed by atoms with Crippen molar-refractivity contribution < 1.29 is 19.4 Å². The molecule has 1 aromatic rings. The minimum absolute atomic E-state index is 0.0976. The van der Waals surface area contributed by atoms with Gasteiger partial charge in [-0.1, -0.05) is 18.6 Å². The van der Waals surface area contributed by atoms with Crippen LogP contribution in [0.2, 0.25) is 0 Å². The number of carboxylic acids is 1. The molecule has 1 heterocycles. The number of benzene rings is 1. The monoisotopic (exact) mass is 303 g/mol. The van der Waals surface area contributed by atoms with Crippen LogP contribution in [0.1, 0.15) is 36.8 Å². The van der Waals surface area contributed by atoms with E-state index in [1.54, 1.807) is 0 Å². The predicted molar refractivity (Wildman–Crippen MR) is 80.9 cm³/mol. The summed E-state index contributed by atoms with van der Waals surface area (Å²) in [7, 11) is 0. The zero-order chi connectivity index (χ0) is 15.6. The number of hydrogen-bond acceptors (Lipinski definition) is 3. The van der Waals surface area contributed by atoms with Crippen molar-refractivity contribution >= 4 is 11.9 Å². The molecule has 2 aliphatic rings. The van der Waals surface area contributed by atoms with Crippen molar-refractivity contribution in [3.05, 3.63) is 29.3 Å². The third kappa shape index (κ3) is 2.93. The maximum atomic E-state index is 11.9. The zero-order valence-corrected chi connectivity index (χ0v) is 12.6. The van der Waals surface area contributed by atoms with Crippen LogP contribution in [0.15, 0.2) is 18.2 Å². The van der Waals surface area contributed by atoms with Crippen LogP contribution in [0.5, 0.6) is 5.75 Å². The van der Waals surface area contributed by atoms with Gasteiger partial charge in [0.05, 0.1) is 12.0 Å². The predicted octanol–water partition coefficient (Wildman–Crippen LogP) is 1.93. The number of nitrogens with one attached hydrogen (secondary N) is 1. The highest BCUT2D eigenvalue weighted by molar-refractivity contribution is 5.85. The van der Waals surface area contributed by atoms with Crippen LogP contribution in [-0.2, 0) is 22.4 Å². The lowest BCUT2D eigenvalue weighted by atomic mass is 9.66. The summed E-state index contributed by atoms with van der Waals surface area (Å²) in [5.74, 6) is -0.0414. The van der Waals surface area contributed by atoms with Crippen molar-refractivity contribution in [3.63, 3.8) is 0 Å². The standard InChI is InChI=1S/C17H21NO4/c19-15(11-17(16(20)21)6-1-7-17)18-8-4-12-2-3-14-13(10-12)5-9-22-14/h2-3,10H,1,4-9,11H2,(H,18,19)(H,20,21). The van der Waals surface area contributed by atoms with E-state index in [4.69, 9.17) is 4.74 Å². The summed E-state index contributed by atoms with van der Waals surface area (Å²) >= 11 is 0. The molecule has 5 nitrogen and oxygen atoms in total. The first-order valence-electron chi connectivity index (χ1n) is 7.84. The third-order valence-corrected chi connectivity index (χ3v) is 4.75. The van der Waals surface area contributed by atoms with Crippen LogP contribution in [-0.4, -0.2) is 30.1 Å². The van der Waals surface area contributed by atoms with Gasteiger partial charge in [0.15, 0.2) is 0 Å². The molecule has 3 rings (SSSR count). The topological polar surface area (TPSA) is 75.6 Å². The fraction of sp³-hybridized carbons (Fsp3) is 0.529. The number of rotatable bonds is 6. The maximum absolute atomic E-state index is 11.9. The van der Waals surface area contributed by atoms with E-state index in [1.807, 2.05) is 12.1 Å². The normalized spacial score (nSPS) is 18.0. The molecule has 1 saturated carbocycles. The van der Waals surface area contributed by atoms with Gasteiger partial charge in [0, 0.05) is 19.4 Å². The molecule has 0 radical (unpaired) electrons. The Morgan fingerprint density at radius 2 is 2.14 bits per heavy atom. The lowest BCUT2D eigenvalue weighted by Gasteiger charge is -2.36. The first-order valence-corrected chi connectivity index (χ1v) is 7.84. The van der Waals surface area contributed by atoms with Crippen molar-refractivity contribution in [1.82, 2.24) is 5.32 Å². The Hall–Kier alpha value is -2.04. The molecule has 1 aliphatic heterocycles. The van der Waals surface area contributed by atoms with Gasteiger partial charge in [-0.15, -0.1) is 0 Å². The number of hydrogen-bond donors (Lipinski definition) is 2. The van der Waals surface area contributed by atoms with Crippen molar-refractivity contribution in [2.75, 3.05) is 13.2 Å². The minimum atomic E-state index is -0.840. The Kier molecular flexibility index (Phi) is 4.05. The lowest BCUT2D eigenvalue weighted by molar-refractivity contribution is -0.157. The molecule has 0 atom stereocenters. The quantitative estimate of drug-likeness (QED) is 0.842. The summed E-state index contributed by atoms with van der Waals surface area (Å²) in [6.45, 7) is 1.28. The molecule has 1 aliphatic carbocycles. The summed E-state index contributed by atoms with van der Waals surface area (Å²) in [6, 6.07) is 6.12. The number of carboxylic acid groups (broad SMARTS) is 1. The van der Waals surface area contributed by atoms with Gasteiger partial charge in [-0.25, -0.2) is 0 Å². The average molecular weight is 303 g/mol. The van der Waals surface area contributed by atoms with Crippen LogP contribution in [0.3, 0.4) is 0 Å². The first-order chi connectivity index (χ1) is 10.6. The molecule has 118 valence electrons. The highest BCUT2D eigenvalue weighted by Crippen LogP contribution is 2.44. The van der Waals surface area contributed by atoms with Crippen LogP contribution < -0.4 is 10.1 Å². The first kappa shape index (κ1) is 14.9. The number of ether oxygens (including phenoxy) is 1. The molecule has 22 heavy (non-hydrogen) atoms. The second kappa shape index (κ2) is 5.99. The molecule has 2 N–H and O–H groups in total. The zero-order valence-electron chi connectivity index (χ0n) is 12.6. The van der Waals surface area contributed by atoms with Crippen molar-refractivity contribution in [3.8, 4) is 5.75 Å². The van der Waals surface area contributed by atoms with E-state index in [9.17, 15) is 14.7 Å². The van der Waals surface area contributed by atoms with Gasteiger partial charge in [0.25, 0.3) is 0 Å². The molecule has 0 bridgehead atoms. The van der Waals surface area contributed by atoms with Crippen molar-refractivity contribution in [2.45, 2.75) is 38.5 Å². The average Bonchev–Trinajstić information content (AvgIpc) is 2.90.